The van der Waals surface area contributed by atoms with Crippen LogP contribution in [0.1, 0.15) is 24.5 Å². The van der Waals surface area contributed by atoms with E-state index in [-0.39, 0.29) is 18.1 Å². The average molecular weight is 318 g/mol. The number of carbonyl (C=O) groups excluding carboxylic acids is 2. The molecule has 0 saturated carbocycles. The Morgan fingerprint density at radius 2 is 2.17 bits per heavy atom. The van der Waals surface area contributed by atoms with Crippen LogP contribution in [-0.4, -0.2) is 36.2 Å². The first-order chi connectivity index (χ1) is 11.0. The number of hydrogen-bond acceptors (Lipinski definition) is 6. The molecule has 0 fully saturated rings. The molecule has 1 aromatic carbocycles. The SMILES string of the molecule is COC/C(C=O)=C\CCC1=C[C@H](c2cc(O)ccc2O)OC1=O. The topological polar surface area (TPSA) is 93.1 Å². The van der Waals surface area contributed by atoms with Gasteiger partial charge in [0.15, 0.2) is 0 Å². The number of benzene rings is 1. The Labute approximate surface area is 133 Å². The first kappa shape index (κ1) is 16.8. The summed E-state index contributed by atoms with van der Waals surface area (Å²) in [5.74, 6) is -0.541. The van der Waals surface area contributed by atoms with Crippen LogP contribution >= 0.6 is 0 Å². The maximum Gasteiger partial charge on any atom is 0.334 e. The van der Waals surface area contributed by atoms with Crippen molar-refractivity contribution in [2.45, 2.75) is 18.9 Å². The Morgan fingerprint density at radius 1 is 1.39 bits per heavy atom. The third kappa shape index (κ3) is 4.20. The molecule has 2 N–H and O–H groups in total. The van der Waals surface area contributed by atoms with Gasteiger partial charge in [0.1, 0.15) is 23.9 Å². The van der Waals surface area contributed by atoms with E-state index in [1.807, 2.05) is 0 Å². The van der Waals surface area contributed by atoms with E-state index in [1.165, 1.54) is 25.3 Å². The van der Waals surface area contributed by atoms with Crippen molar-refractivity contribution in [2.75, 3.05) is 13.7 Å². The summed E-state index contributed by atoms with van der Waals surface area (Å²) in [6, 6.07) is 4.05. The van der Waals surface area contributed by atoms with E-state index in [9.17, 15) is 19.8 Å². The minimum Gasteiger partial charge on any atom is -0.508 e. The standard InChI is InChI=1S/C17H18O6/c1-22-10-11(9-18)3-2-4-12-7-16(23-17(12)21)14-8-13(19)5-6-15(14)20/h3,5-9,16,19-20H,2,4,10H2,1H3/b11-3-/t16-/m1/s1. The first-order valence-electron chi connectivity index (χ1n) is 7.12. The van der Waals surface area contributed by atoms with Crippen molar-refractivity contribution in [3.8, 4) is 11.5 Å². The van der Waals surface area contributed by atoms with E-state index in [4.69, 9.17) is 9.47 Å². The van der Waals surface area contributed by atoms with E-state index in [2.05, 4.69) is 0 Å². The molecule has 0 saturated heterocycles. The van der Waals surface area contributed by atoms with Crippen LogP contribution < -0.4 is 0 Å². The lowest BCUT2D eigenvalue weighted by Gasteiger charge is -2.10. The summed E-state index contributed by atoms with van der Waals surface area (Å²) < 4.78 is 10.1. The maximum absolute atomic E-state index is 11.9. The van der Waals surface area contributed by atoms with Gasteiger partial charge in [0.25, 0.3) is 0 Å². The molecule has 122 valence electrons. The highest BCUT2D eigenvalue weighted by atomic mass is 16.5. The van der Waals surface area contributed by atoms with Crippen molar-refractivity contribution >= 4 is 12.3 Å². The summed E-state index contributed by atoms with van der Waals surface area (Å²) in [4.78, 5) is 22.7. The fraction of sp³-hybridized carbons (Fsp3) is 0.294. The van der Waals surface area contributed by atoms with Crippen LogP contribution in [0.15, 0.2) is 41.5 Å². The molecule has 23 heavy (non-hydrogen) atoms. The number of phenolic OH excluding ortho intramolecular Hbond substituents is 2. The van der Waals surface area contributed by atoms with Crippen molar-refractivity contribution in [3.05, 3.63) is 47.1 Å². The zero-order valence-electron chi connectivity index (χ0n) is 12.7. The number of ether oxygens (including phenoxy) is 2. The second kappa shape index (κ2) is 7.60. The lowest BCUT2D eigenvalue weighted by Crippen LogP contribution is -2.03. The highest BCUT2D eigenvalue weighted by Gasteiger charge is 2.28. The lowest BCUT2D eigenvalue weighted by molar-refractivity contribution is -0.140. The molecule has 0 amide bonds. The average Bonchev–Trinajstić information content (AvgIpc) is 2.89. The molecule has 6 nitrogen and oxygen atoms in total. The number of methoxy groups -OCH3 is 1. The fourth-order valence-corrected chi connectivity index (χ4v) is 2.31. The normalized spacial score (nSPS) is 17.8. The third-order valence-electron chi connectivity index (χ3n) is 3.45. The molecule has 0 aromatic heterocycles. The zero-order chi connectivity index (χ0) is 16.8. The van der Waals surface area contributed by atoms with Crippen LogP contribution in [-0.2, 0) is 19.1 Å². The number of rotatable bonds is 7. The molecule has 0 unspecified atom stereocenters. The van der Waals surface area contributed by atoms with Crippen LogP contribution in [0.25, 0.3) is 0 Å². The monoisotopic (exact) mass is 318 g/mol. The zero-order valence-corrected chi connectivity index (χ0v) is 12.7. The highest BCUT2D eigenvalue weighted by Crippen LogP contribution is 2.36. The minimum atomic E-state index is -0.724. The number of esters is 1. The Hall–Kier alpha value is -2.60. The van der Waals surface area contributed by atoms with Gasteiger partial charge < -0.3 is 19.7 Å². The largest absolute Gasteiger partial charge is 0.508 e. The van der Waals surface area contributed by atoms with Crippen LogP contribution in [0.2, 0.25) is 0 Å². The number of aldehydes is 1. The van der Waals surface area contributed by atoms with E-state index in [0.717, 1.165) is 6.29 Å². The molecule has 1 heterocycles. The van der Waals surface area contributed by atoms with E-state index < -0.39 is 12.1 Å². The molecular weight excluding hydrogens is 300 g/mol. The Balaban J connectivity index is 2.07. The minimum absolute atomic E-state index is 0.0196. The highest BCUT2D eigenvalue weighted by molar-refractivity contribution is 5.91. The number of aromatic hydroxyl groups is 2. The molecule has 0 bridgehead atoms. The molecule has 1 aliphatic heterocycles. The Bertz CT molecular complexity index is 659. The predicted octanol–water partition coefficient (Wildman–Crippen LogP) is 2.17. The van der Waals surface area contributed by atoms with Crippen LogP contribution in [0.4, 0.5) is 0 Å². The van der Waals surface area contributed by atoms with E-state index >= 15 is 0 Å². The molecule has 1 aliphatic rings. The Kier molecular flexibility index (Phi) is 5.54. The number of phenols is 2. The number of allylic oxidation sites excluding steroid dienone is 1. The van der Waals surface area contributed by atoms with Crippen LogP contribution in [0, 0.1) is 0 Å². The Morgan fingerprint density at radius 3 is 2.87 bits per heavy atom. The number of hydrogen-bond donors (Lipinski definition) is 2. The van der Waals surface area contributed by atoms with Gasteiger partial charge in [0.05, 0.1) is 6.61 Å². The maximum atomic E-state index is 11.9. The van der Waals surface area contributed by atoms with Gasteiger partial charge >= 0.3 is 5.97 Å². The molecule has 6 heteroatoms. The molecule has 2 rings (SSSR count). The van der Waals surface area contributed by atoms with Gasteiger partial charge in [-0.25, -0.2) is 4.79 Å². The van der Waals surface area contributed by atoms with Gasteiger partial charge in [-0.3, -0.25) is 4.79 Å². The van der Waals surface area contributed by atoms with Crippen molar-refractivity contribution in [1.82, 2.24) is 0 Å². The van der Waals surface area contributed by atoms with Crippen molar-refractivity contribution in [1.29, 1.82) is 0 Å². The molecule has 1 atom stereocenters. The van der Waals surface area contributed by atoms with Gasteiger partial charge in [-0.15, -0.1) is 0 Å². The second-order valence-corrected chi connectivity index (χ2v) is 5.13. The fourth-order valence-electron chi connectivity index (χ4n) is 2.31. The second-order valence-electron chi connectivity index (χ2n) is 5.13. The van der Waals surface area contributed by atoms with E-state index in [1.54, 1.807) is 12.2 Å². The summed E-state index contributed by atoms with van der Waals surface area (Å²) >= 11 is 0. The first-order valence-corrected chi connectivity index (χ1v) is 7.12. The summed E-state index contributed by atoms with van der Waals surface area (Å²) in [6.45, 7) is 0.229. The molecular formula is C17H18O6. The lowest BCUT2D eigenvalue weighted by atomic mass is 10.0. The molecule has 0 radical (unpaired) electrons. The summed E-state index contributed by atoms with van der Waals surface area (Å²) in [5.41, 5.74) is 1.31. The smallest absolute Gasteiger partial charge is 0.334 e. The van der Waals surface area contributed by atoms with E-state index in [0.29, 0.717) is 29.6 Å². The van der Waals surface area contributed by atoms with Crippen LogP contribution in [0.5, 0.6) is 11.5 Å². The van der Waals surface area contributed by atoms with Crippen molar-refractivity contribution < 1.29 is 29.3 Å². The van der Waals surface area contributed by atoms with Gasteiger partial charge in [0.2, 0.25) is 0 Å². The quantitative estimate of drug-likeness (QED) is 0.346. The summed E-state index contributed by atoms with van der Waals surface area (Å²) in [6.07, 6.45) is 4.23. The molecule has 0 spiro atoms. The predicted molar refractivity (Wildman–Crippen MR) is 81.9 cm³/mol. The van der Waals surface area contributed by atoms with Crippen molar-refractivity contribution in [3.63, 3.8) is 0 Å². The number of cyclic esters (lactones) is 1. The van der Waals surface area contributed by atoms with Gasteiger partial charge in [-0.05, 0) is 37.1 Å². The summed E-state index contributed by atoms with van der Waals surface area (Å²) in [5, 5.41) is 19.3. The molecule has 1 aromatic rings. The summed E-state index contributed by atoms with van der Waals surface area (Å²) in [7, 11) is 1.50. The van der Waals surface area contributed by atoms with Crippen molar-refractivity contribution in [2.24, 2.45) is 0 Å². The van der Waals surface area contributed by atoms with Gasteiger partial charge in [-0.1, -0.05) is 6.08 Å². The van der Waals surface area contributed by atoms with Gasteiger partial charge in [0, 0.05) is 23.8 Å². The third-order valence-corrected chi connectivity index (χ3v) is 3.45. The van der Waals surface area contributed by atoms with Gasteiger partial charge in [-0.2, -0.15) is 0 Å². The molecule has 0 aliphatic carbocycles. The number of carbonyl (C=O) groups is 2. The van der Waals surface area contributed by atoms with Crippen LogP contribution in [0.3, 0.4) is 0 Å².